The summed E-state index contributed by atoms with van der Waals surface area (Å²) in [6.07, 6.45) is -0.935. The quantitative estimate of drug-likeness (QED) is 0.475. The van der Waals surface area contributed by atoms with Gasteiger partial charge in [-0.05, 0) is 36.1 Å². The number of benzene rings is 2. The van der Waals surface area contributed by atoms with Crippen molar-refractivity contribution in [1.29, 1.82) is 0 Å². The van der Waals surface area contributed by atoms with Gasteiger partial charge in [-0.3, -0.25) is 14.9 Å². The van der Waals surface area contributed by atoms with Gasteiger partial charge in [0.2, 0.25) is 6.04 Å². The van der Waals surface area contributed by atoms with Crippen LogP contribution in [0.1, 0.15) is 30.9 Å². The Morgan fingerprint density at radius 3 is 2.12 bits per heavy atom. The molecule has 0 spiro atoms. The van der Waals surface area contributed by atoms with Gasteiger partial charge in [0.15, 0.2) is 0 Å². The van der Waals surface area contributed by atoms with Gasteiger partial charge in [-0.1, -0.05) is 48.5 Å². The molecule has 1 aliphatic carbocycles. The number of carbonyl (C=O) groups excluding carboxylic acids is 3. The minimum absolute atomic E-state index is 0.0157. The molecule has 2 amide bonds. The first kappa shape index (κ1) is 23.3. The van der Waals surface area contributed by atoms with Crippen LogP contribution in [0.5, 0.6) is 0 Å². The number of hydrogen-bond acceptors (Lipinski definition) is 6. The van der Waals surface area contributed by atoms with Crippen LogP contribution in [0.2, 0.25) is 0 Å². The lowest BCUT2D eigenvalue weighted by molar-refractivity contribution is -0.166. The second-order valence-corrected chi connectivity index (χ2v) is 8.72. The van der Waals surface area contributed by atoms with E-state index >= 15 is 0 Å². The largest absolute Gasteiger partial charge is 0.481 e. The second-order valence-electron chi connectivity index (χ2n) is 8.72. The van der Waals surface area contributed by atoms with Gasteiger partial charge in [0.1, 0.15) is 12.0 Å². The van der Waals surface area contributed by atoms with Crippen LogP contribution in [0.15, 0.2) is 48.5 Å². The molecule has 2 N–H and O–H groups in total. The molecule has 1 unspecified atom stereocenters. The van der Waals surface area contributed by atoms with E-state index in [9.17, 15) is 24.3 Å². The van der Waals surface area contributed by atoms with E-state index in [1.165, 1.54) is 11.8 Å². The van der Waals surface area contributed by atoms with Crippen molar-refractivity contribution >= 4 is 23.9 Å². The molecule has 0 saturated carbocycles. The predicted molar refractivity (Wildman–Crippen MR) is 121 cm³/mol. The van der Waals surface area contributed by atoms with Crippen LogP contribution in [0, 0.1) is 5.41 Å². The van der Waals surface area contributed by atoms with Crippen molar-refractivity contribution in [1.82, 2.24) is 10.2 Å². The third-order valence-corrected chi connectivity index (χ3v) is 6.28. The molecule has 0 bridgehead atoms. The van der Waals surface area contributed by atoms with Gasteiger partial charge in [0.05, 0.1) is 6.61 Å². The minimum atomic E-state index is -1.62. The smallest absolute Gasteiger partial charge is 0.408 e. The standard InChI is InChI=1S/C25H26N2O7/c1-3-33-22(29)20(21(28)27-13-25(2,14-27)23(30)31)26-24(32)34-12-19-17-10-6-4-8-15(17)16-9-5-7-11-18(16)19/h4-11,19-20H,3,12-14H2,1-2H3,(H,26,32)(H,30,31). The summed E-state index contributed by atoms with van der Waals surface area (Å²) in [5, 5.41) is 11.6. The molecule has 9 nitrogen and oxygen atoms in total. The highest BCUT2D eigenvalue weighted by Crippen LogP contribution is 2.44. The van der Waals surface area contributed by atoms with Crippen molar-refractivity contribution in [3.05, 3.63) is 59.7 Å². The Bertz CT molecular complexity index is 1090. The van der Waals surface area contributed by atoms with E-state index in [0.29, 0.717) is 0 Å². The van der Waals surface area contributed by atoms with E-state index in [1.807, 2.05) is 48.5 Å². The molecule has 2 aliphatic rings. The first-order valence-electron chi connectivity index (χ1n) is 11.1. The van der Waals surface area contributed by atoms with Crippen LogP contribution < -0.4 is 5.32 Å². The fourth-order valence-corrected chi connectivity index (χ4v) is 4.47. The average Bonchev–Trinajstić information content (AvgIpc) is 3.12. The van der Waals surface area contributed by atoms with Crippen LogP contribution in [0.3, 0.4) is 0 Å². The summed E-state index contributed by atoms with van der Waals surface area (Å²) in [7, 11) is 0. The summed E-state index contributed by atoms with van der Waals surface area (Å²) in [6, 6.07) is 14.1. The maximum atomic E-state index is 12.8. The van der Waals surface area contributed by atoms with E-state index in [4.69, 9.17) is 9.47 Å². The molecular weight excluding hydrogens is 440 g/mol. The van der Waals surface area contributed by atoms with Gasteiger partial charge in [-0.25, -0.2) is 9.59 Å². The summed E-state index contributed by atoms with van der Waals surface area (Å²) in [5.74, 6) is -2.87. The van der Waals surface area contributed by atoms with Crippen molar-refractivity contribution in [2.45, 2.75) is 25.8 Å². The topological polar surface area (TPSA) is 122 Å². The maximum Gasteiger partial charge on any atom is 0.408 e. The number of amides is 2. The third kappa shape index (κ3) is 4.21. The van der Waals surface area contributed by atoms with Gasteiger partial charge in [-0.2, -0.15) is 0 Å². The summed E-state index contributed by atoms with van der Waals surface area (Å²) in [6.45, 7) is 2.99. The van der Waals surface area contributed by atoms with E-state index in [1.54, 1.807) is 6.92 Å². The molecule has 0 radical (unpaired) electrons. The summed E-state index contributed by atoms with van der Waals surface area (Å²) < 4.78 is 10.4. The first-order valence-corrected chi connectivity index (χ1v) is 11.1. The number of nitrogens with one attached hydrogen (secondary N) is 1. The van der Waals surface area contributed by atoms with Gasteiger partial charge in [-0.15, -0.1) is 0 Å². The summed E-state index contributed by atoms with van der Waals surface area (Å²) in [4.78, 5) is 50.4. The molecule has 1 aliphatic heterocycles. The van der Waals surface area contributed by atoms with Crippen LogP contribution in [-0.2, 0) is 23.9 Å². The summed E-state index contributed by atoms with van der Waals surface area (Å²) >= 11 is 0. The Hall–Kier alpha value is -3.88. The van der Waals surface area contributed by atoms with Crippen molar-refractivity contribution < 1.29 is 33.8 Å². The predicted octanol–water partition coefficient (Wildman–Crippen LogP) is 2.39. The van der Waals surface area contributed by atoms with Crippen molar-refractivity contribution in [2.75, 3.05) is 26.3 Å². The molecule has 9 heteroatoms. The van der Waals surface area contributed by atoms with Gasteiger partial charge in [0.25, 0.3) is 5.91 Å². The van der Waals surface area contributed by atoms with Gasteiger partial charge in [0, 0.05) is 19.0 Å². The van der Waals surface area contributed by atoms with E-state index in [0.717, 1.165) is 22.3 Å². The van der Waals surface area contributed by atoms with E-state index in [-0.39, 0.29) is 32.2 Å². The number of esters is 1. The zero-order chi connectivity index (χ0) is 24.5. The Morgan fingerprint density at radius 2 is 1.59 bits per heavy atom. The number of nitrogens with zero attached hydrogens (tertiary/aromatic N) is 1. The molecule has 2 aromatic carbocycles. The number of carboxylic acid groups (broad SMARTS) is 1. The molecule has 178 valence electrons. The highest BCUT2D eigenvalue weighted by Gasteiger charge is 2.50. The highest BCUT2D eigenvalue weighted by atomic mass is 16.6. The number of likely N-dealkylation sites (tertiary alicyclic amines) is 1. The Labute approximate surface area is 196 Å². The number of rotatable bonds is 7. The van der Waals surface area contributed by atoms with E-state index in [2.05, 4.69) is 5.32 Å². The lowest BCUT2D eigenvalue weighted by atomic mass is 9.81. The molecule has 34 heavy (non-hydrogen) atoms. The number of carbonyl (C=O) groups is 4. The Morgan fingerprint density at radius 1 is 1.03 bits per heavy atom. The van der Waals surface area contributed by atoms with Gasteiger partial charge >= 0.3 is 18.0 Å². The fourth-order valence-electron chi connectivity index (χ4n) is 4.47. The lowest BCUT2D eigenvalue weighted by Gasteiger charge is -2.45. The zero-order valence-electron chi connectivity index (χ0n) is 18.9. The SMILES string of the molecule is CCOC(=O)C(NC(=O)OCC1c2ccccc2-c2ccccc21)C(=O)N1CC(C)(C(=O)O)C1. The van der Waals surface area contributed by atoms with Crippen molar-refractivity contribution in [3.63, 3.8) is 0 Å². The molecular formula is C25H26N2O7. The van der Waals surface area contributed by atoms with Crippen molar-refractivity contribution in [2.24, 2.45) is 5.41 Å². The van der Waals surface area contributed by atoms with Gasteiger partial charge < -0.3 is 19.5 Å². The molecule has 0 aromatic heterocycles. The van der Waals surface area contributed by atoms with Crippen LogP contribution in [0.25, 0.3) is 11.1 Å². The number of aliphatic carboxylic acids is 1. The molecule has 1 fully saturated rings. The minimum Gasteiger partial charge on any atom is -0.481 e. The molecule has 4 rings (SSSR count). The monoisotopic (exact) mass is 466 g/mol. The van der Waals surface area contributed by atoms with E-state index < -0.39 is 35.4 Å². The molecule has 1 atom stereocenters. The number of carboxylic acids is 1. The number of fused-ring (bicyclic) bond motifs is 3. The normalized spacial score (nSPS) is 16.5. The molecule has 1 saturated heterocycles. The van der Waals surface area contributed by atoms with Crippen LogP contribution in [0.4, 0.5) is 4.79 Å². The highest BCUT2D eigenvalue weighted by molar-refractivity contribution is 6.05. The number of ether oxygens (including phenoxy) is 2. The molecule has 2 aromatic rings. The number of hydrogen-bond donors (Lipinski definition) is 2. The van der Waals surface area contributed by atoms with Crippen molar-refractivity contribution in [3.8, 4) is 11.1 Å². The summed E-state index contributed by atoms with van der Waals surface area (Å²) in [5.41, 5.74) is 3.13. The molecule has 1 heterocycles. The lowest BCUT2D eigenvalue weighted by Crippen LogP contribution is -2.65. The maximum absolute atomic E-state index is 12.8. The zero-order valence-corrected chi connectivity index (χ0v) is 18.9. The second kappa shape index (κ2) is 9.17. The Balaban J connectivity index is 1.43. The Kier molecular flexibility index (Phi) is 6.28. The van der Waals surface area contributed by atoms with Crippen LogP contribution in [-0.4, -0.2) is 66.3 Å². The average molecular weight is 466 g/mol. The first-order chi connectivity index (χ1) is 16.2. The third-order valence-electron chi connectivity index (χ3n) is 6.28. The van der Waals surface area contributed by atoms with Crippen LogP contribution >= 0.6 is 0 Å². The fraction of sp³-hybridized carbons (Fsp3) is 0.360. The number of alkyl carbamates (subject to hydrolysis) is 1.